The summed E-state index contributed by atoms with van der Waals surface area (Å²) in [6.07, 6.45) is 58.0. The van der Waals surface area contributed by atoms with Crippen molar-refractivity contribution in [2.45, 2.75) is 419 Å². The first-order chi connectivity index (χ1) is 46.0. The van der Waals surface area contributed by atoms with E-state index in [0.29, 0.717) is 25.7 Å². The van der Waals surface area contributed by atoms with Crippen LogP contribution < -0.4 is 0 Å². The average Bonchev–Trinajstić information content (AvgIpc) is 1.50. The van der Waals surface area contributed by atoms with Gasteiger partial charge < -0.3 is 33.8 Å². The maximum absolute atomic E-state index is 13.1. The summed E-state index contributed by atoms with van der Waals surface area (Å²) in [5.41, 5.74) is 0. The molecule has 0 saturated heterocycles. The van der Waals surface area contributed by atoms with Crippen molar-refractivity contribution < 1.29 is 80.2 Å². The lowest BCUT2D eigenvalue weighted by atomic mass is 10.0. The molecule has 0 rings (SSSR count). The smallest absolute Gasteiger partial charge is 0.462 e. The fourth-order valence-electron chi connectivity index (χ4n) is 11.7. The normalized spacial score (nSPS) is 13.9. The lowest BCUT2D eigenvalue weighted by molar-refractivity contribution is -0.161. The van der Waals surface area contributed by atoms with Crippen molar-refractivity contribution in [3.05, 3.63) is 0 Å². The van der Waals surface area contributed by atoms with Crippen molar-refractivity contribution in [3.8, 4) is 0 Å². The largest absolute Gasteiger partial charge is 0.472 e. The van der Waals surface area contributed by atoms with E-state index >= 15 is 0 Å². The molecule has 5 atom stereocenters. The number of phosphoric ester groups is 2. The van der Waals surface area contributed by atoms with Gasteiger partial charge >= 0.3 is 39.5 Å². The molecule has 564 valence electrons. The van der Waals surface area contributed by atoms with E-state index in [1.807, 2.05) is 0 Å². The predicted octanol–water partition coefficient (Wildman–Crippen LogP) is 22.5. The van der Waals surface area contributed by atoms with Gasteiger partial charge in [-0.3, -0.25) is 37.3 Å². The van der Waals surface area contributed by atoms with Crippen molar-refractivity contribution in [1.82, 2.24) is 0 Å². The fraction of sp³-hybridized carbons (Fsp3) is 0.947. The van der Waals surface area contributed by atoms with E-state index in [-0.39, 0.29) is 25.7 Å². The molecule has 0 aromatic rings. The minimum atomic E-state index is -4.96. The molecule has 2 unspecified atom stereocenters. The zero-order valence-corrected chi connectivity index (χ0v) is 63.6. The molecule has 0 aliphatic rings. The van der Waals surface area contributed by atoms with Gasteiger partial charge in [-0.1, -0.05) is 349 Å². The quantitative estimate of drug-likeness (QED) is 0.0222. The summed E-state index contributed by atoms with van der Waals surface area (Å²) in [4.78, 5) is 72.8. The van der Waals surface area contributed by atoms with Crippen LogP contribution in [-0.2, 0) is 65.4 Å². The molecule has 0 aliphatic carbocycles. The zero-order valence-electron chi connectivity index (χ0n) is 61.8. The van der Waals surface area contributed by atoms with Crippen LogP contribution in [0.15, 0.2) is 0 Å². The van der Waals surface area contributed by atoms with Gasteiger partial charge in [0.05, 0.1) is 26.4 Å². The van der Waals surface area contributed by atoms with Gasteiger partial charge in [0.1, 0.15) is 19.3 Å². The number of hydrogen-bond acceptors (Lipinski definition) is 15. The molecule has 0 saturated carbocycles. The number of esters is 4. The molecule has 0 aromatic heterocycles. The van der Waals surface area contributed by atoms with Gasteiger partial charge in [0, 0.05) is 25.7 Å². The van der Waals surface area contributed by atoms with Crippen LogP contribution in [0.25, 0.3) is 0 Å². The van der Waals surface area contributed by atoms with E-state index in [1.54, 1.807) is 0 Å². The molecule has 17 nitrogen and oxygen atoms in total. The Bertz CT molecular complexity index is 1820. The Morgan fingerprint density at radius 3 is 0.716 bits per heavy atom. The minimum absolute atomic E-state index is 0.107. The van der Waals surface area contributed by atoms with Gasteiger partial charge in [-0.2, -0.15) is 0 Å². The number of phosphoric acid groups is 2. The predicted molar refractivity (Wildman–Crippen MR) is 386 cm³/mol. The number of aliphatic hydroxyl groups is 1. The Morgan fingerprint density at radius 1 is 0.284 bits per heavy atom. The summed E-state index contributed by atoms with van der Waals surface area (Å²) in [7, 11) is -9.91. The Morgan fingerprint density at radius 2 is 0.484 bits per heavy atom. The molecule has 0 bridgehead atoms. The second kappa shape index (κ2) is 69.2. The van der Waals surface area contributed by atoms with Crippen LogP contribution in [0.2, 0.25) is 0 Å². The van der Waals surface area contributed by atoms with Crippen LogP contribution in [0.5, 0.6) is 0 Å². The van der Waals surface area contributed by atoms with Gasteiger partial charge in [0.25, 0.3) is 0 Å². The van der Waals surface area contributed by atoms with Crippen LogP contribution in [-0.4, -0.2) is 96.7 Å². The monoisotopic (exact) mass is 1400 g/mol. The highest BCUT2D eigenvalue weighted by Crippen LogP contribution is 2.45. The van der Waals surface area contributed by atoms with Crippen molar-refractivity contribution in [1.29, 1.82) is 0 Å². The molecule has 19 heteroatoms. The Balaban J connectivity index is 5.26. The number of ether oxygens (including phenoxy) is 4. The van der Waals surface area contributed by atoms with Crippen LogP contribution in [0.1, 0.15) is 401 Å². The first kappa shape index (κ1) is 93.1. The Hall–Kier alpha value is -1.94. The second-order valence-corrected chi connectivity index (χ2v) is 30.8. The third-order valence-electron chi connectivity index (χ3n) is 17.8. The lowest BCUT2D eigenvalue weighted by Crippen LogP contribution is -2.30. The molecule has 0 spiro atoms. The highest BCUT2D eigenvalue weighted by Gasteiger charge is 2.30. The maximum Gasteiger partial charge on any atom is 0.472 e. The van der Waals surface area contributed by atoms with Gasteiger partial charge in [-0.05, 0) is 31.6 Å². The number of carbonyl (C=O) groups is 4. The molecule has 3 N–H and O–H groups in total. The van der Waals surface area contributed by atoms with E-state index in [2.05, 4.69) is 34.6 Å². The van der Waals surface area contributed by atoms with E-state index in [4.69, 9.17) is 37.0 Å². The first-order valence-corrected chi connectivity index (χ1v) is 42.6. The van der Waals surface area contributed by atoms with Crippen molar-refractivity contribution >= 4 is 39.5 Å². The van der Waals surface area contributed by atoms with Gasteiger partial charge in [0.15, 0.2) is 12.2 Å². The van der Waals surface area contributed by atoms with E-state index in [9.17, 15) is 43.2 Å². The minimum Gasteiger partial charge on any atom is -0.462 e. The highest BCUT2D eigenvalue weighted by molar-refractivity contribution is 7.47. The number of hydrogen-bond donors (Lipinski definition) is 3. The van der Waals surface area contributed by atoms with Crippen molar-refractivity contribution in [2.24, 2.45) is 5.92 Å². The molecule has 95 heavy (non-hydrogen) atoms. The molecular formula is C76H148O17P2. The molecule has 0 radical (unpaired) electrons. The van der Waals surface area contributed by atoms with E-state index in [1.165, 1.54) is 225 Å². The van der Waals surface area contributed by atoms with Crippen LogP contribution in [0, 0.1) is 5.92 Å². The molecule has 0 heterocycles. The molecular weight excluding hydrogens is 1250 g/mol. The molecule has 0 aliphatic heterocycles. The summed E-state index contributed by atoms with van der Waals surface area (Å²) in [5, 5.41) is 10.6. The maximum atomic E-state index is 13.1. The summed E-state index contributed by atoms with van der Waals surface area (Å²) in [6, 6.07) is 0. The first-order valence-electron chi connectivity index (χ1n) is 39.6. The summed E-state index contributed by atoms with van der Waals surface area (Å²) in [6.45, 7) is 7.30. The summed E-state index contributed by atoms with van der Waals surface area (Å²) < 4.78 is 68.6. The van der Waals surface area contributed by atoms with Crippen LogP contribution >= 0.6 is 15.6 Å². The SMILES string of the molecule is CCCCCCCCCCCCCCCCCC(=O)OC[C@H](COP(=O)(O)OC[C@@H](O)COP(=O)(O)OC[C@@H](COC(=O)CCCCCCCCCCCCC)OC(=O)CCCCCCCCCCCCCC(C)C)OC(=O)CCCCCCCCCCCCCCCCC. The van der Waals surface area contributed by atoms with Crippen molar-refractivity contribution in [2.75, 3.05) is 39.6 Å². The summed E-state index contributed by atoms with van der Waals surface area (Å²) in [5.74, 6) is -1.34. The standard InChI is InChI=1S/C76H148O17P2/c1-6-9-12-15-18-21-24-26-28-30-35-40-45-50-55-60-74(79)87-66-72(92-75(80)61-56-51-46-41-36-31-29-27-25-22-19-16-13-10-7-2)68-91-95(84,85)89-64-70(77)63-88-94(82,83)90-67-71(65-86-73(78)59-54-49-44-39-33-23-20-17-14-11-8-3)93-76(81)62-57-52-47-42-37-32-34-38-43-48-53-58-69(4)5/h69-72,77H,6-68H2,1-5H3,(H,82,83)(H,84,85)/t70-,71+,72+/m0/s1. The number of unbranched alkanes of at least 4 members (excludes halogenated alkanes) is 48. The number of carbonyl (C=O) groups excluding carboxylic acids is 4. The fourth-order valence-corrected chi connectivity index (χ4v) is 13.3. The Kier molecular flexibility index (Phi) is 67.7. The zero-order chi connectivity index (χ0) is 69.8. The molecule has 0 amide bonds. The van der Waals surface area contributed by atoms with Gasteiger partial charge in [-0.25, -0.2) is 9.13 Å². The average molecular weight is 1400 g/mol. The second-order valence-electron chi connectivity index (χ2n) is 27.9. The van der Waals surface area contributed by atoms with Gasteiger partial charge in [-0.15, -0.1) is 0 Å². The van der Waals surface area contributed by atoms with Crippen molar-refractivity contribution in [3.63, 3.8) is 0 Å². The number of rotatable bonds is 76. The topological polar surface area (TPSA) is 237 Å². The summed E-state index contributed by atoms with van der Waals surface area (Å²) >= 11 is 0. The molecule has 0 fully saturated rings. The highest BCUT2D eigenvalue weighted by atomic mass is 31.2. The van der Waals surface area contributed by atoms with E-state index in [0.717, 1.165) is 95.8 Å². The third-order valence-corrected chi connectivity index (χ3v) is 19.7. The van der Waals surface area contributed by atoms with Crippen LogP contribution in [0.3, 0.4) is 0 Å². The number of aliphatic hydroxyl groups excluding tert-OH is 1. The molecule has 0 aromatic carbocycles. The van der Waals surface area contributed by atoms with Gasteiger partial charge in [0.2, 0.25) is 0 Å². The van der Waals surface area contributed by atoms with E-state index < -0.39 is 97.5 Å². The lowest BCUT2D eigenvalue weighted by Gasteiger charge is -2.21. The third kappa shape index (κ3) is 70.3. The Labute approximate surface area is 581 Å². The van der Waals surface area contributed by atoms with Crippen LogP contribution in [0.4, 0.5) is 0 Å².